The minimum atomic E-state index is 0.706. The van der Waals surface area contributed by atoms with Gasteiger partial charge in [0.05, 0.1) is 14.2 Å². The lowest BCUT2D eigenvalue weighted by Crippen LogP contribution is -2.36. The van der Waals surface area contributed by atoms with Crippen LogP contribution in [0.25, 0.3) is 0 Å². The molecule has 4 nitrogen and oxygen atoms in total. The van der Waals surface area contributed by atoms with Crippen LogP contribution in [-0.2, 0) is 0 Å². The van der Waals surface area contributed by atoms with Crippen molar-refractivity contribution in [3.8, 4) is 11.5 Å². The van der Waals surface area contributed by atoms with Crippen molar-refractivity contribution in [2.75, 3.05) is 32.6 Å². The maximum Gasteiger partial charge on any atom is 0.173 e. The Labute approximate surface area is 165 Å². The summed E-state index contributed by atoms with van der Waals surface area (Å²) in [6, 6.07) is 5.80. The monoisotopic (exact) mass is 380 g/mol. The van der Waals surface area contributed by atoms with Crippen LogP contribution in [0.3, 0.4) is 0 Å². The molecule has 1 aromatic carbocycles. The number of nitrogens with one attached hydrogen (secondary N) is 1. The fourth-order valence-corrected chi connectivity index (χ4v) is 3.19. The van der Waals surface area contributed by atoms with Gasteiger partial charge >= 0.3 is 0 Å². The molecule has 0 heterocycles. The molecule has 0 atom stereocenters. The first-order valence-electron chi connectivity index (χ1n) is 9.94. The highest BCUT2D eigenvalue weighted by molar-refractivity contribution is 7.80. The first-order chi connectivity index (χ1) is 12.7. The topological polar surface area (TPSA) is 33.7 Å². The summed E-state index contributed by atoms with van der Waals surface area (Å²) < 4.78 is 10.7. The van der Waals surface area contributed by atoms with Gasteiger partial charge in [0.25, 0.3) is 0 Å². The predicted molar refractivity (Wildman–Crippen MR) is 116 cm³/mol. The van der Waals surface area contributed by atoms with Crippen molar-refractivity contribution < 1.29 is 9.47 Å². The first kappa shape index (κ1) is 22.6. The van der Waals surface area contributed by atoms with Crippen molar-refractivity contribution in [1.82, 2.24) is 4.90 Å². The minimum absolute atomic E-state index is 0.706. The third-order valence-corrected chi connectivity index (χ3v) is 4.85. The first-order valence-corrected chi connectivity index (χ1v) is 10.3. The molecule has 1 N–H and O–H groups in total. The summed E-state index contributed by atoms with van der Waals surface area (Å²) in [4.78, 5) is 2.32. The molecule has 0 bridgehead atoms. The molecule has 0 aliphatic heterocycles. The molecular formula is C21H36N2O2S. The molecule has 0 saturated carbocycles. The molecule has 0 unspecified atom stereocenters. The zero-order valence-corrected chi connectivity index (χ0v) is 17.8. The van der Waals surface area contributed by atoms with Crippen molar-refractivity contribution in [2.45, 2.75) is 65.2 Å². The smallest absolute Gasteiger partial charge is 0.173 e. The normalized spacial score (nSPS) is 10.5. The summed E-state index contributed by atoms with van der Waals surface area (Å²) in [5, 5.41) is 4.17. The highest BCUT2D eigenvalue weighted by atomic mass is 32.1. The van der Waals surface area contributed by atoms with Gasteiger partial charge in [-0.15, -0.1) is 0 Å². The van der Waals surface area contributed by atoms with E-state index in [1.54, 1.807) is 14.2 Å². The molecule has 148 valence electrons. The van der Waals surface area contributed by atoms with Crippen LogP contribution in [0.4, 0.5) is 5.69 Å². The summed E-state index contributed by atoms with van der Waals surface area (Å²) in [5.41, 5.74) is 0.930. The number of unbranched alkanes of at least 4 members (excludes halogenated alkanes) is 6. The zero-order valence-electron chi connectivity index (χ0n) is 17.0. The Kier molecular flexibility index (Phi) is 11.9. The Morgan fingerprint density at radius 2 is 1.46 bits per heavy atom. The van der Waals surface area contributed by atoms with Crippen molar-refractivity contribution in [2.24, 2.45) is 0 Å². The number of methoxy groups -OCH3 is 2. The summed E-state index contributed by atoms with van der Waals surface area (Å²) >= 11 is 5.70. The third kappa shape index (κ3) is 8.26. The molecule has 0 saturated heterocycles. The van der Waals surface area contributed by atoms with Crippen LogP contribution in [0.2, 0.25) is 0 Å². The second kappa shape index (κ2) is 13.7. The Bertz CT molecular complexity index is 511. The lowest BCUT2D eigenvalue weighted by atomic mass is 10.2. The van der Waals surface area contributed by atoms with Crippen LogP contribution in [0.1, 0.15) is 65.2 Å². The molecule has 0 aromatic heterocycles. The molecule has 0 radical (unpaired) electrons. The Balaban J connectivity index is 2.66. The highest BCUT2D eigenvalue weighted by Gasteiger charge is 2.11. The molecule has 5 heteroatoms. The average Bonchev–Trinajstić information content (AvgIpc) is 2.66. The Morgan fingerprint density at radius 1 is 0.885 bits per heavy atom. The van der Waals surface area contributed by atoms with Gasteiger partial charge in [-0.2, -0.15) is 0 Å². The molecule has 0 amide bonds. The van der Waals surface area contributed by atoms with E-state index in [9.17, 15) is 0 Å². The lowest BCUT2D eigenvalue weighted by molar-refractivity contribution is 0.355. The number of rotatable bonds is 13. The molecular weight excluding hydrogens is 344 g/mol. The van der Waals surface area contributed by atoms with Crippen LogP contribution in [0.5, 0.6) is 11.5 Å². The van der Waals surface area contributed by atoms with Gasteiger partial charge < -0.3 is 19.7 Å². The van der Waals surface area contributed by atoms with E-state index in [2.05, 4.69) is 24.1 Å². The van der Waals surface area contributed by atoms with E-state index in [1.165, 1.54) is 51.4 Å². The van der Waals surface area contributed by atoms with E-state index < -0.39 is 0 Å². The lowest BCUT2D eigenvalue weighted by Gasteiger charge is -2.26. The van der Waals surface area contributed by atoms with E-state index in [-0.39, 0.29) is 0 Å². The van der Waals surface area contributed by atoms with Crippen LogP contribution >= 0.6 is 12.2 Å². The van der Waals surface area contributed by atoms with Crippen molar-refractivity contribution in [1.29, 1.82) is 0 Å². The zero-order chi connectivity index (χ0) is 19.2. The molecule has 0 aliphatic carbocycles. The van der Waals surface area contributed by atoms with Gasteiger partial charge in [0.1, 0.15) is 0 Å². The number of nitrogens with zero attached hydrogens (tertiary/aromatic N) is 1. The number of ether oxygens (including phenoxy) is 2. The van der Waals surface area contributed by atoms with Crippen molar-refractivity contribution in [3.63, 3.8) is 0 Å². The van der Waals surface area contributed by atoms with E-state index >= 15 is 0 Å². The number of hydrogen-bond acceptors (Lipinski definition) is 3. The summed E-state index contributed by atoms with van der Waals surface area (Å²) in [7, 11) is 3.29. The maximum absolute atomic E-state index is 5.70. The van der Waals surface area contributed by atoms with Crippen LogP contribution in [0.15, 0.2) is 18.2 Å². The van der Waals surface area contributed by atoms with Crippen LogP contribution < -0.4 is 14.8 Å². The van der Waals surface area contributed by atoms with Gasteiger partial charge in [-0.25, -0.2) is 0 Å². The fraction of sp³-hybridized carbons (Fsp3) is 0.667. The molecule has 26 heavy (non-hydrogen) atoms. The van der Waals surface area contributed by atoms with Crippen LogP contribution in [0, 0.1) is 0 Å². The summed E-state index contributed by atoms with van der Waals surface area (Å²) in [5.74, 6) is 1.43. The largest absolute Gasteiger partial charge is 0.493 e. The average molecular weight is 381 g/mol. The van der Waals surface area contributed by atoms with Gasteiger partial charge in [-0.05, 0) is 37.2 Å². The van der Waals surface area contributed by atoms with E-state index in [4.69, 9.17) is 21.7 Å². The van der Waals surface area contributed by atoms with Gasteiger partial charge in [0, 0.05) is 24.8 Å². The van der Waals surface area contributed by atoms with Crippen LogP contribution in [-0.4, -0.2) is 37.3 Å². The third-order valence-electron chi connectivity index (χ3n) is 4.49. The van der Waals surface area contributed by atoms with E-state index in [0.29, 0.717) is 5.75 Å². The second-order valence-corrected chi connectivity index (χ2v) is 6.99. The molecule has 1 rings (SSSR count). The number of benzene rings is 1. The van der Waals surface area contributed by atoms with Gasteiger partial charge in [0.2, 0.25) is 0 Å². The minimum Gasteiger partial charge on any atom is -0.493 e. The number of hydrogen-bond donors (Lipinski definition) is 1. The Morgan fingerprint density at radius 3 is 1.96 bits per heavy atom. The van der Waals surface area contributed by atoms with Gasteiger partial charge in [-0.1, -0.05) is 52.4 Å². The van der Waals surface area contributed by atoms with Crippen molar-refractivity contribution >= 4 is 23.0 Å². The van der Waals surface area contributed by atoms with Gasteiger partial charge in [0.15, 0.2) is 16.6 Å². The van der Waals surface area contributed by atoms with Crippen molar-refractivity contribution in [3.05, 3.63) is 18.2 Å². The molecule has 0 aliphatic rings. The van der Waals surface area contributed by atoms with E-state index in [0.717, 1.165) is 29.6 Å². The number of anilines is 1. The standard InChI is InChI=1S/C21H36N2O2S/c1-5-7-9-11-15-23(16-12-10-8-6-2)21(26)22-18-13-14-19(24-3)20(17-18)25-4/h13-14,17H,5-12,15-16H2,1-4H3,(H,22,26). The molecule has 0 spiro atoms. The fourth-order valence-electron chi connectivity index (χ4n) is 2.89. The number of thiocarbonyl (C=S) groups is 1. The van der Waals surface area contributed by atoms with E-state index in [1.807, 2.05) is 18.2 Å². The van der Waals surface area contributed by atoms with Gasteiger partial charge in [-0.3, -0.25) is 0 Å². The molecule has 0 fully saturated rings. The second-order valence-electron chi connectivity index (χ2n) is 6.61. The Hall–Kier alpha value is -1.49. The maximum atomic E-state index is 5.70. The highest BCUT2D eigenvalue weighted by Crippen LogP contribution is 2.29. The summed E-state index contributed by atoms with van der Waals surface area (Å²) in [6.45, 7) is 6.52. The SMILES string of the molecule is CCCCCCN(CCCCCC)C(=S)Nc1ccc(OC)c(OC)c1. The molecule has 1 aromatic rings. The quantitative estimate of drug-likeness (QED) is 0.342. The predicted octanol–water partition coefficient (Wildman–Crippen LogP) is 5.86. The summed E-state index contributed by atoms with van der Waals surface area (Å²) in [6.07, 6.45) is 10.0.